The van der Waals surface area contributed by atoms with Gasteiger partial charge in [-0.1, -0.05) is 36.4 Å². The summed E-state index contributed by atoms with van der Waals surface area (Å²) in [7, 11) is 2.19. The van der Waals surface area contributed by atoms with Gasteiger partial charge in [-0.2, -0.15) is 10.2 Å². The molecule has 2 aliphatic heterocycles. The second kappa shape index (κ2) is 10.4. The number of fused-ring (bicyclic) bond motifs is 1. The molecule has 0 spiro atoms. The average Bonchev–Trinajstić information content (AvgIpc) is 3.66. The van der Waals surface area contributed by atoms with Gasteiger partial charge < -0.3 is 9.64 Å². The van der Waals surface area contributed by atoms with Gasteiger partial charge in [-0.3, -0.25) is 4.68 Å². The molecule has 8 nitrogen and oxygen atoms in total. The van der Waals surface area contributed by atoms with Gasteiger partial charge >= 0.3 is 0 Å². The van der Waals surface area contributed by atoms with Gasteiger partial charge in [0.15, 0.2) is 6.23 Å². The summed E-state index contributed by atoms with van der Waals surface area (Å²) in [6, 6.07) is 17.3. The molecule has 1 unspecified atom stereocenters. The lowest BCUT2D eigenvalue weighted by Crippen LogP contribution is -2.31. The minimum Gasteiger partial charge on any atom is -0.356 e. The van der Waals surface area contributed by atoms with Crippen LogP contribution in [0.2, 0.25) is 0 Å². The zero-order valence-corrected chi connectivity index (χ0v) is 22.3. The first-order chi connectivity index (χ1) is 19.2. The number of likely N-dealkylation sites (tertiary alicyclic amines) is 1. The predicted molar refractivity (Wildman–Crippen MR) is 152 cm³/mol. The molecule has 3 aromatic heterocycles. The number of ether oxygens (including phenoxy) is 1. The van der Waals surface area contributed by atoms with Crippen LogP contribution in [0.5, 0.6) is 0 Å². The van der Waals surface area contributed by atoms with E-state index in [0.29, 0.717) is 6.04 Å². The molecule has 0 bridgehead atoms. The van der Waals surface area contributed by atoms with Crippen molar-refractivity contribution in [3.63, 3.8) is 0 Å². The van der Waals surface area contributed by atoms with Gasteiger partial charge in [-0.05, 0) is 75.5 Å². The average molecular weight is 520 g/mol. The maximum Gasteiger partial charge on any atom is 0.150 e. The number of hydrogen-bond acceptors (Lipinski definition) is 6. The van der Waals surface area contributed by atoms with Gasteiger partial charge in [0.25, 0.3) is 0 Å². The summed E-state index contributed by atoms with van der Waals surface area (Å²) in [5.41, 5.74) is 7.14. The fraction of sp³-hybridized carbons (Fsp3) is 0.355. The summed E-state index contributed by atoms with van der Waals surface area (Å²) >= 11 is 0. The fourth-order valence-corrected chi connectivity index (χ4v) is 5.93. The lowest BCUT2D eigenvalue weighted by atomic mass is 10.0. The highest BCUT2D eigenvalue weighted by atomic mass is 16.5. The third kappa shape index (κ3) is 4.64. The monoisotopic (exact) mass is 519 g/mol. The number of hydrogen-bond donors (Lipinski definition) is 0. The minimum atomic E-state index is -0.0964. The zero-order valence-electron chi connectivity index (χ0n) is 22.3. The van der Waals surface area contributed by atoms with Crippen LogP contribution in [0.4, 0.5) is 0 Å². The summed E-state index contributed by atoms with van der Waals surface area (Å²) < 4.78 is 10.3. The molecule has 0 aliphatic carbocycles. The Morgan fingerprint density at radius 1 is 0.846 bits per heavy atom. The van der Waals surface area contributed by atoms with Crippen LogP contribution in [-0.4, -0.2) is 61.2 Å². The Morgan fingerprint density at radius 3 is 2.54 bits per heavy atom. The van der Waals surface area contributed by atoms with Crippen LogP contribution in [0.1, 0.15) is 44.4 Å². The molecule has 8 heteroatoms. The van der Waals surface area contributed by atoms with Crippen LogP contribution in [0, 0.1) is 0 Å². The van der Waals surface area contributed by atoms with Crippen LogP contribution in [0.3, 0.4) is 0 Å². The van der Waals surface area contributed by atoms with Crippen molar-refractivity contribution in [2.45, 2.75) is 44.4 Å². The first kappa shape index (κ1) is 24.2. The molecule has 0 amide bonds. The number of nitrogens with zero attached hydrogens (tertiary/aromatic N) is 7. The summed E-state index contributed by atoms with van der Waals surface area (Å²) in [5.74, 6) is 0. The SMILES string of the molecule is CN1CCC(n2cc(-c3ccc4c(-c5c(-c6ccccc6)cnn5C5CCCCO5)ncnc4c3)cn2)CC1. The molecule has 39 heavy (non-hydrogen) atoms. The predicted octanol–water partition coefficient (Wildman–Crippen LogP) is 5.99. The van der Waals surface area contributed by atoms with Crippen molar-refractivity contribution in [3.05, 3.63) is 73.4 Å². The molecule has 2 fully saturated rings. The Bertz CT molecular complexity index is 1580. The van der Waals surface area contributed by atoms with E-state index in [4.69, 9.17) is 19.9 Å². The van der Waals surface area contributed by atoms with Gasteiger partial charge in [-0.15, -0.1) is 0 Å². The lowest BCUT2D eigenvalue weighted by molar-refractivity contribution is -0.0383. The van der Waals surface area contributed by atoms with Crippen molar-refractivity contribution in [3.8, 4) is 33.6 Å². The molecule has 2 aliphatic rings. The van der Waals surface area contributed by atoms with Crippen LogP contribution >= 0.6 is 0 Å². The lowest BCUT2D eigenvalue weighted by Gasteiger charge is -2.28. The van der Waals surface area contributed by atoms with Crippen molar-refractivity contribution >= 4 is 10.9 Å². The Morgan fingerprint density at radius 2 is 1.72 bits per heavy atom. The van der Waals surface area contributed by atoms with Gasteiger partial charge in [0.1, 0.15) is 12.0 Å². The topological polar surface area (TPSA) is 73.9 Å². The molecule has 0 N–H and O–H groups in total. The fourth-order valence-electron chi connectivity index (χ4n) is 5.93. The molecule has 0 saturated carbocycles. The van der Waals surface area contributed by atoms with E-state index in [9.17, 15) is 0 Å². The molecule has 2 saturated heterocycles. The maximum atomic E-state index is 6.17. The van der Waals surface area contributed by atoms with Crippen molar-refractivity contribution in [1.29, 1.82) is 0 Å². The molecular weight excluding hydrogens is 486 g/mol. The number of piperidine rings is 1. The summed E-state index contributed by atoms with van der Waals surface area (Å²) in [5, 5.41) is 10.6. The first-order valence-corrected chi connectivity index (χ1v) is 14.0. The van der Waals surface area contributed by atoms with E-state index in [-0.39, 0.29) is 6.23 Å². The highest BCUT2D eigenvalue weighted by Crippen LogP contribution is 2.38. The number of benzene rings is 2. The number of aromatic nitrogens is 6. The van der Waals surface area contributed by atoms with Gasteiger partial charge in [0.2, 0.25) is 0 Å². The van der Waals surface area contributed by atoms with E-state index in [2.05, 4.69) is 70.3 Å². The second-order valence-electron chi connectivity index (χ2n) is 10.7. The van der Waals surface area contributed by atoms with Crippen molar-refractivity contribution in [2.24, 2.45) is 0 Å². The highest BCUT2D eigenvalue weighted by Gasteiger charge is 2.25. The molecule has 1 atom stereocenters. The zero-order chi connectivity index (χ0) is 26.2. The summed E-state index contributed by atoms with van der Waals surface area (Å²) in [6.07, 6.45) is 13.1. The van der Waals surface area contributed by atoms with Gasteiger partial charge in [-0.25, -0.2) is 14.6 Å². The maximum absolute atomic E-state index is 6.17. The molecular formula is C31H33N7O. The Hall–Kier alpha value is -3.88. The molecule has 198 valence electrons. The quantitative estimate of drug-likeness (QED) is 0.284. The second-order valence-corrected chi connectivity index (χ2v) is 10.7. The smallest absolute Gasteiger partial charge is 0.150 e. The summed E-state index contributed by atoms with van der Waals surface area (Å²) in [6.45, 7) is 2.98. The number of rotatable bonds is 5. The van der Waals surface area contributed by atoms with E-state index in [1.165, 1.54) is 0 Å². The van der Waals surface area contributed by atoms with Crippen LogP contribution in [0.25, 0.3) is 44.5 Å². The van der Waals surface area contributed by atoms with Crippen LogP contribution in [0.15, 0.2) is 73.4 Å². The standard InChI is InChI=1S/C31H33N7O/c1-36-14-12-25(13-15-36)37-20-24(18-34-37)23-10-11-26-28(17-23)32-21-33-30(26)31-27(22-7-3-2-4-8-22)19-35-38(31)29-9-5-6-16-39-29/h2-4,7-8,10-11,17-21,25,29H,5-6,9,12-16H2,1H3. The normalized spacial score (nSPS) is 19.1. The van der Waals surface area contributed by atoms with E-state index in [1.54, 1.807) is 6.33 Å². The molecule has 7 rings (SSSR count). The van der Waals surface area contributed by atoms with Gasteiger partial charge in [0, 0.05) is 29.3 Å². The molecule has 2 aromatic carbocycles. The third-order valence-corrected chi connectivity index (χ3v) is 8.17. The summed E-state index contributed by atoms with van der Waals surface area (Å²) in [4.78, 5) is 11.9. The Balaban J connectivity index is 1.29. The van der Waals surface area contributed by atoms with Gasteiger partial charge in [0.05, 0.1) is 29.6 Å². The van der Waals surface area contributed by atoms with E-state index >= 15 is 0 Å². The van der Waals surface area contributed by atoms with Crippen molar-refractivity contribution in [1.82, 2.24) is 34.4 Å². The van der Waals surface area contributed by atoms with Crippen LogP contribution < -0.4 is 0 Å². The molecule has 5 aromatic rings. The molecule has 5 heterocycles. The van der Waals surface area contributed by atoms with E-state index in [1.807, 2.05) is 23.1 Å². The first-order valence-electron chi connectivity index (χ1n) is 14.0. The van der Waals surface area contributed by atoms with E-state index < -0.39 is 0 Å². The molecule has 0 radical (unpaired) electrons. The Kier molecular flexibility index (Phi) is 6.42. The minimum absolute atomic E-state index is 0.0964. The third-order valence-electron chi connectivity index (χ3n) is 8.17. The highest BCUT2D eigenvalue weighted by molar-refractivity contribution is 5.97. The van der Waals surface area contributed by atoms with E-state index in [0.717, 1.165) is 96.3 Å². The van der Waals surface area contributed by atoms with Crippen molar-refractivity contribution in [2.75, 3.05) is 26.7 Å². The Labute approximate surface area is 228 Å². The largest absolute Gasteiger partial charge is 0.356 e. The van der Waals surface area contributed by atoms with Crippen molar-refractivity contribution < 1.29 is 4.74 Å². The van der Waals surface area contributed by atoms with Crippen LogP contribution in [-0.2, 0) is 4.74 Å².